The van der Waals surface area contributed by atoms with E-state index in [1.807, 2.05) is 12.1 Å². The molecule has 7 heteroatoms. The van der Waals surface area contributed by atoms with Gasteiger partial charge in [-0.05, 0) is 25.0 Å². The van der Waals surface area contributed by atoms with E-state index in [1.54, 1.807) is 18.7 Å². The monoisotopic (exact) mass is 302 g/mol. The second-order valence-corrected chi connectivity index (χ2v) is 5.39. The van der Waals surface area contributed by atoms with E-state index < -0.39 is 0 Å². The Labute approximate surface area is 127 Å². The van der Waals surface area contributed by atoms with E-state index in [2.05, 4.69) is 20.8 Å². The van der Waals surface area contributed by atoms with Crippen molar-refractivity contribution in [3.63, 3.8) is 0 Å². The van der Waals surface area contributed by atoms with Crippen LogP contribution in [0.25, 0.3) is 0 Å². The molecule has 2 heterocycles. The van der Waals surface area contributed by atoms with Crippen LogP contribution in [0.1, 0.15) is 30.9 Å². The van der Waals surface area contributed by atoms with Crippen LogP contribution in [0, 0.1) is 5.92 Å². The predicted octanol–water partition coefficient (Wildman–Crippen LogP) is 1.64. The number of anilines is 1. The molecule has 2 amide bonds. The number of hydrogen-bond acceptors (Lipinski definition) is 4. The number of furan rings is 1. The number of aromatic amines is 1. The van der Waals surface area contributed by atoms with Crippen molar-refractivity contribution in [3.05, 3.63) is 36.5 Å². The lowest BCUT2D eigenvalue weighted by atomic mass is 10.2. The molecule has 0 unspecified atom stereocenters. The Morgan fingerprint density at radius 1 is 1.45 bits per heavy atom. The Hall–Kier alpha value is -2.57. The standard InChI is InChI=1S/C15H18N4O3/c20-14(19-10-8-17-18-9-10)4-1-5-16-15(21)12-7-11(12)13-3-2-6-22-13/h2-3,6,8-9,11-12H,1,4-5,7H2,(H,16,21)(H,17,18)(H,19,20)/t11-,12-/m0/s1. The summed E-state index contributed by atoms with van der Waals surface area (Å²) in [5.74, 6) is 1.04. The van der Waals surface area contributed by atoms with Gasteiger partial charge < -0.3 is 15.1 Å². The van der Waals surface area contributed by atoms with Gasteiger partial charge in [-0.3, -0.25) is 14.7 Å². The quantitative estimate of drug-likeness (QED) is 0.677. The van der Waals surface area contributed by atoms with Gasteiger partial charge in [-0.1, -0.05) is 0 Å². The highest BCUT2D eigenvalue weighted by molar-refractivity contribution is 5.90. The Morgan fingerprint density at radius 3 is 3.09 bits per heavy atom. The molecule has 1 aliphatic rings. The first-order valence-corrected chi connectivity index (χ1v) is 7.34. The fourth-order valence-electron chi connectivity index (χ4n) is 2.44. The van der Waals surface area contributed by atoms with Crippen LogP contribution in [0.2, 0.25) is 0 Å². The van der Waals surface area contributed by atoms with Gasteiger partial charge in [0.15, 0.2) is 0 Å². The number of amides is 2. The number of carbonyl (C=O) groups excluding carboxylic acids is 2. The third-order valence-electron chi connectivity index (χ3n) is 3.70. The fraction of sp³-hybridized carbons (Fsp3) is 0.400. The Bertz CT molecular complexity index is 621. The van der Waals surface area contributed by atoms with Gasteiger partial charge in [0.2, 0.25) is 11.8 Å². The number of hydrogen-bond donors (Lipinski definition) is 3. The molecule has 1 saturated carbocycles. The number of nitrogens with one attached hydrogen (secondary N) is 3. The highest BCUT2D eigenvalue weighted by atomic mass is 16.3. The zero-order valence-corrected chi connectivity index (χ0v) is 12.0. The lowest BCUT2D eigenvalue weighted by molar-refractivity contribution is -0.122. The van der Waals surface area contributed by atoms with Crippen molar-refractivity contribution in [1.29, 1.82) is 0 Å². The fourth-order valence-corrected chi connectivity index (χ4v) is 2.44. The minimum Gasteiger partial charge on any atom is -0.469 e. The molecule has 116 valence electrons. The van der Waals surface area contributed by atoms with Gasteiger partial charge in [0, 0.05) is 31.0 Å². The van der Waals surface area contributed by atoms with Gasteiger partial charge in [-0.2, -0.15) is 5.10 Å². The molecule has 7 nitrogen and oxygen atoms in total. The maximum atomic E-state index is 11.9. The molecule has 3 rings (SSSR count). The largest absolute Gasteiger partial charge is 0.469 e. The lowest BCUT2D eigenvalue weighted by Crippen LogP contribution is -2.27. The van der Waals surface area contributed by atoms with Crippen LogP contribution in [-0.2, 0) is 9.59 Å². The van der Waals surface area contributed by atoms with E-state index in [-0.39, 0.29) is 23.7 Å². The van der Waals surface area contributed by atoms with Crippen molar-refractivity contribution >= 4 is 17.5 Å². The van der Waals surface area contributed by atoms with Gasteiger partial charge in [0.25, 0.3) is 0 Å². The first-order valence-electron chi connectivity index (χ1n) is 7.34. The molecule has 0 saturated heterocycles. The summed E-state index contributed by atoms with van der Waals surface area (Å²) < 4.78 is 5.30. The molecule has 2 atom stereocenters. The van der Waals surface area contributed by atoms with E-state index in [0.717, 1.165) is 12.2 Å². The molecular formula is C15H18N4O3. The number of nitrogens with zero attached hydrogens (tertiary/aromatic N) is 1. The maximum Gasteiger partial charge on any atom is 0.224 e. The first kappa shape index (κ1) is 14.4. The molecule has 0 radical (unpaired) electrons. The van der Waals surface area contributed by atoms with E-state index in [9.17, 15) is 9.59 Å². The first-order chi connectivity index (χ1) is 10.7. The average Bonchev–Trinajstić information content (AvgIpc) is 2.93. The normalized spacial score (nSPS) is 19.6. The van der Waals surface area contributed by atoms with Gasteiger partial charge in [0.1, 0.15) is 5.76 Å². The smallest absolute Gasteiger partial charge is 0.224 e. The molecule has 3 N–H and O–H groups in total. The second kappa shape index (κ2) is 6.46. The van der Waals surface area contributed by atoms with Crippen LogP contribution >= 0.6 is 0 Å². The summed E-state index contributed by atoms with van der Waals surface area (Å²) in [4.78, 5) is 23.6. The van der Waals surface area contributed by atoms with Crippen molar-refractivity contribution in [2.45, 2.75) is 25.2 Å². The molecule has 2 aromatic heterocycles. The van der Waals surface area contributed by atoms with Crippen LogP contribution in [0.3, 0.4) is 0 Å². The molecule has 0 spiro atoms. The van der Waals surface area contributed by atoms with Gasteiger partial charge in [-0.25, -0.2) is 0 Å². The summed E-state index contributed by atoms with van der Waals surface area (Å²) >= 11 is 0. The number of rotatable bonds is 7. The van der Waals surface area contributed by atoms with Crippen LogP contribution < -0.4 is 10.6 Å². The minimum atomic E-state index is -0.0875. The highest BCUT2D eigenvalue weighted by Crippen LogP contribution is 2.47. The van der Waals surface area contributed by atoms with Crippen LogP contribution in [0.5, 0.6) is 0 Å². The summed E-state index contributed by atoms with van der Waals surface area (Å²) in [6.07, 6.45) is 6.58. The molecular weight excluding hydrogens is 284 g/mol. The SMILES string of the molecule is O=C(CCCNC(=O)[C@H]1C[C@@H]1c1ccco1)Nc1cn[nH]c1. The predicted molar refractivity (Wildman–Crippen MR) is 79.0 cm³/mol. The molecule has 1 aliphatic carbocycles. The Morgan fingerprint density at radius 2 is 2.36 bits per heavy atom. The number of aromatic nitrogens is 2. The van der Waals surface area contributed by atoms with E-state index in [0.29, 0.717) is 25.1 Å². The topological polar surface area (TPSA) is 100 Å². The Kier molecular flexibility index (Phi) is 4.22. The molecule has 2 aromatic rings. The Balaban J connectivity index is 1.30. The number of carbonyl (C=O) groups is 2. The van der Waals surface area contributed by atoms with Crippen LogP contribution in [0.15, 0.2) is 35.2 Å². The van der Waals surface area contributed by atoms with Gasteiger partial charge in [0.05, 0.1) is 18.1 Å². The summed E-state index contributed by atoms with van der Waals surface area (Å²) in [5.41, 5.74) is 0.647. The zero-order chi connectivity index (χ0) is 15.4. The third-order valence-corrected chi connectivity index (χ3v) is 3.70. The molecule has 0 bridgehead atoms. The van der Waals surface area contributed by atoms with E-state index >= 15 is 0 Å². The summed E-state index contributed by atoms with van der Waals surface area (Å²) in [6.45, 7) is 0.499. The average molecular weight is 302 g/mol. The summed E-state index contributed by atoms with van der Waals surface area (Å²) in [7, 11) is 0. The summed E-state index contributed by atoms with van der Waals surface area (Å²) in [5, 5.41) is 12.0. The van der Waals surface area contributed by atoms with E-state index in [4.69, 9.17) is 4.42 Å². The molecule has 1 fully saturated rings. The number of H-pyrrole nitrogens is 1. The molecule has 0 aliphatic heterocycles. The highest BCUT2D eigenvalue weighted by Gasteiger charge is 2.45. The summed E-state index contributed by atoms with van der Waals surface area (Å²) in [6, 6.07) is 3.74. The third kappa shape index (κ3) is 3.55. The van der Waals surface area contributed by atoms with E-state index in [1.165, 1.54) is 0 Å². The van der Waals surface area contributed by atoms with Gasteiger partial charge in [-0.15, -0.1) is 0 Å². The molecule has 22 heavy (non-hydrogen) atoms. The van der Waals surface area contributed by atoms with Crippen molar-refractivity contribution < 1.29 is 14.0 Å². The molecule has 0 aromatic carbocycles. The van der Waals surface area contributed by atoms with Crippen molar-refractivity contribution in [2.24, 2.45) is 5.92 Å². The van der Waals surface area contributed by atoms with Gasteiger partial charge >= 0.3 is 0 Å². The van der Waals surface area contributed by atoms with Crippen molar-refractivity contribution in [1.82, 2.24) is 15.5 Å². The van der Waals surface area contributed by atoms with Crippen LogP contribution in [0.4, 0.5) is 5.69 Å². The minimum absolute atomic E-state index is 0.00547. The van der Waals surface area contributed by atoms with Crippen LogP contribution in [-0.4, -0.2) is 28.6 Å². The van der Waals surface area contributed by atoms with Crippen molar-refractivity contribution in [3.8, 4) is 0 Å². The zero-order valence-electron chi connectivity index (χ0n) is 12.0. The van der Waals surface area contributed by atoms with Crippen molar-refractivity contribution in [2.75, 3.05) is 11.9 Å². The second-order valence-electron chi connectivity index (χ2n) is 5.39. The lowest BCUT2D eigenvalue weighted by Gasteiger charge is -2.05. The maximum absolute atomic E-state index is 11.9.